The number of aliphatic hydroxyl groups excluding tert-OH is 6. The van der Waals surface area contributed by atoms with Gasteiger partial charge in [-0.2, -0.15) is 0 Å². The molecule has 0 radical (unpaired) electrons. The minimum absolute atomic E-state index is 0.00152. The summed E-state index contributed by atoms with van der Waals surface area (Å²) in [5, 5.41) is 61.0. The quantitative estimate of drug-likeness (QED) is 0.233. The second kappa shape index (κ2) is 11.6. The molecule has 3 aliphatic rings. The lowest BCUT2D eigenvalue weighted by atomic mass is 9.68. The van der Waals surface area contributed by atoms with E-state index in [-0.39, 0.29) is 17.1 Å². The molecule has 11 heteroatoms. The fourth-order valence-corrected chi connectivity index (χ4v) is 5.10. The molecule has 0 amide bonds. The molecule has 0 spiro atoms. The highest BCUT2D eigenvalue weighted by Crippen LogP contribution is 2.40. The van der Waals surface area contributed by atoms with Crippen molar-refractivity contribution in [2.45, 2.75) is 109 Å². The number of carbonyl (C=O) groups excluding carboxylic acids is 1. The zero-order chi connectivity index (χ0) is 26.9. The van der Waals surface area contributed by atoms with Gasteiger partial charge in [-0.3, -0.25) is 4.79 Å². The molecule has 2 aliphatic heterocycles. The molecule has 3 rings (SSSR count). The van der Waals surface area contributed by atoms with Crippen molar-refractivity contribution in [1.82, 2.24) is 0 Å². The summed E-state index contributed by atoms with van der Waals surface area (Å²) in [5.74, 6) is 0.0853. The maximum Gasteiger partial charge on any atom is 0.187 e. The van der Waals surface area contributed by atoms with Crippen LogP contribution < -0.4 is 0 Å². The number of hydrogen-bond acceptors (Lipinski definition) is 11. The monoisotopic (exact) mass is 516 g/mol. The van der Waals surface area contributed by atoms with Gasteiger partial charge < -0.3 is 49.6 Å². The molecule has 6 N–H and O–H groups in total. The lowest BCUT2D eigenvalue weighted by Gasteiger charge is -2.46. The largest absolute Gasteiger partial charge is 0.394 e. The van der Waals surface area contributed by atoms with Crippen molar-refractivity contribution in [2.24, 2.45) is 11.3 Å². The molecule has 0 saturated carbocycles. The molecule has 0 aromatic carbocycles. The lowest BCUT2D eigenvalue weighted by molar-refractivity contribution is -0.367. The fraction of sp³-hybridized carbons (Fsp3) is 0.800. The Hall–Kier alpha value is -1.25. The molecular formula is C25H40O11. The normalized spacial score (nSPS) is 44.5. The topological polar surface area (TPSA) is 175 Å². The molecule has 0 unspecified atom stereocenters. The number of allylic oxidation sites excluding steroid dienone is 3. The van der Waals surface area contributed by atoms with E-state index in [4.69, 9.17) is 18.9 Å². The van der Waals surface area contributed by atoms with Gasteiger partial charge in [-0.15, -0.1) is 0 Å². The second-order valence-electron chi connectivity index (χ2n) is 10.7. The summed E-state index contributed by atoms with van der Waals surface area (Å²) in [6, 6.07) is 0. The summed E-state index contributed by atoms with van der Waals surface area (Å²) < 4.78 is 22.8. The standard InChI is InChI=1S/C25H40O11/c1-11-8-14(27)9-25(4,5)15(11)7-6-12(2)33-24-22(20(31)18(29)16(10-26)35-24)36-23-21(32)19(30)17(28)13(3)34-23/h6-8,12-13,15-24,26,28-32H,9-10H2,1-5H3/b7-6+/t12-,13-,15+,16+,17-,18+,19+,20-,21+,22+,23-,24+/m0/s1. The van der Waals surface area contributed by atoms with Crippen LogP contribution in [-0.4, -0.2) is 111 Å². The predicted molar refractivity (Wildman–Crippen MR) is 125 cm³/mol. The van der Waals surface area contributed by atoms with Gasteiger partial charge in [-0.25, -0.2) is 0 Å². The predicted octanol–water partition coefficient (Wildman–Crippen LogP) is -0.839. The number of ketones is 1. The number of rotatable bonds is 7. The van der Waals surface area contributed by atoms with Gasteiger partial charge in [0.15, 0.2) is 18.4 Å². The van der Waals surface area contributed by atoms with Crippen LogP contribution in [0.3, 0.4) is 0 Å². The van der Waals surface area contributed by atoms with Gasteiger partial charge >= 0.3 is 0 Å². The Labute approximate surface area is 210 Å². The molecule has 206 valence electrons. The zero-order valence-electron chi connectivity index (χ0n) is 21.3. The van der Waals surface area contributed by atoms with Crippen molar-refractivity contribution in [2.75, 3.05) is 6.61 Å². The Balaban J connectivity index is 1.76. The molecule has 2 saturated heterocycles. The van der Waals surface area contributed by atoms with Crippen molar-refractivity contribution < 1.29 is 54.4 Å². The third-order valence-corrected chi connectivity index (χ3v) is 7.20. The van der Waals surface area contributed by atoms with Gasteiger partial charge in [0.05, 0.1) is 18.8 Å². The summed E-state index contributed by atoms with van der Waals surface area (Å²) >= 11 is 0. The smallest absolute Gasteiger partial charge is 0.187 e. The Morgan fingerprint density at radius 1 is 1.06 bits per heavy atom. The highest BCUT2D eigenvalue weighted by atomic mass is 16.8. The third kappa shape index (κ3) is 6.24. The highest BCUT2D eigenvalue weighted by Gasteiger charge is 2.50. The van der Waals surface area contributed by atoms with E-state index in [9.17, 15) is 35.4 Å². The molecule has 1 aliphatic carbocycles. The molecule has 12 atom stereocenters. The molecule has 0 aromatic heterocycles. The van der Waals surface area contributed by atoms with Gasteiger partial charge in [-0.05, 0) is 32.3 Å². The highest BCUT2D eigenvalue weighted by molar-refractivity contribution is 5.92. The van der Waals surface area contributed by atoms with E-state index in [1.807, 2.05) is 26.8 Å². The van der Waals surface area contributed by atoms with E-state index in [1.165, 1.54) is 6.92 Å². The van der Waals surface area contributed by atoms with Crippen molar-refractivity contribution in [1.29, 1.82) is 0 Å². The van der Waals surface area contributed by atoms with Gasteiger partial charge in [0.25, 0.3) is 0 Å². The maximum atomic E-state index is 12.0. The summed E-state index contributed by atoms with van der Waals surface area (Å²) in [4.78, 5) is 12.0. The van der Waals surface area contributed by atoms with Crippen LogP contribution in [0.1, 0.15) is 41.0 Å². The van der Waals surface area contributed by atoms with Crippen LogP contribution in [-0.2, 0) is 23.7 Å². The number of hydrogen-bond donors (Lipinski definition) is 6. The summed E-state index contributed by atoms with van der Waals surface area (Å²) in [6.07, 6.45) is -8.55. The van der Waals surface area contributed by atoms with Gasteiger partial charge in [0, 0.05) is 12.3 Å². The number of aliphatic hydroxyl groups is 6. The van der Waals surface area contributed by atoms with E-state index < -0.39 is 74.1 Å². The Morgan fingerprint density at radius 2 is 1.72 bits per heavy atom. The van der Waals surface area contributed by atoms with Crippen molar-refractivity contribution in [3.8, 4) is 0 Å². The van der Waals surface area contributed by atoms with Gasteiger partial charge in [-0.1, -0.05) is 31.6 Å². The molecule has 2 fully saturated rings. The minimum Gasteiger partial charge on any atom is -0.394 e. The fourth-order valence-electron chi connectivity index (χ4n) is 5.10. The lowest BCUT2D eigenvalue weighted by Crippen LogP contribution is -2.64. The van der Waals surface area contributed by atoms with E-state index in [2.05, 4.69) is 0 Å². The van der Waals surface area contributed by atoms with Gasteiger partial charge in [0.1, 0.15) is 42.7 Å². The molecular weight excluding hydrogens is 476 g/mol. The first-order chi connectivity index (χ1) is 16.8. The second-order valence-corrected chi connectivity index (χ2v) is 10.7. The van der Waals surface area contributed by atoms with Crippen LogP contribution in [0.5, 0.6) is 0 Å². The van der Waals surface area contributed by atoms with E-state index >= 15 is 0 Å². The van der Waals surface area contributed by atoms with Crippen molar-refractivity contribution in [3.05, 3.63) is 23.8 Å². The van der Waals surface area contributed by atoms with Gasteiger partial charge in [0.2, 0.25) is 0 Å². The SMILES string of the molecule is CC1=CC(=O)CC(C)(C)[C@@H]1/C=C/[C@H](C)O[C@@H]1O[C@H](CO)[C@@H](O)[C@H](O)[C@H]1O[C@@H]1O[C@@H](C)[C@H](O)[C@@H](O)[C@H]1O. The van der Waals surface area contributed by atoms with Crippen LogP contribution in [0.4, 0.5) is 0 Å². The zero-order valence-corrected chi connectivity index (χ0v) is 21.3. The first kappa shape index (κ1) is 29.3. The van der Waals surface area contributed by atoms with Crippen molar-refractivity contribution in [3.63, 3.8) is 0 Å². The number of carbonyl (C=O) groups is 1. The van der Waals surface area contributed by atoms with Crippen LogP contribution in [0, 0.1) is 11.3 Å². The third-order valence-electron chi connectivity index (χ3n) is 7.20. The average molecular weight is 517 g/mol. The maximum absolute atomic E-state index is 12.0. The summed E-state index contributed by atoms with van der Waals surface area (Å²) in [6.45, 7) is 8.56. The van der Waals surface area contributed by atoms with Crippen LogP contribution in [0.15, 0.2) is 23.8 Å². The van der Waals surface area contributed by atoms with Crippen molar-refractivity contribution >= 4 is 5.78 Å². The summed E-state index contributed by atoms with van der Waals surface area (Å²) in [5.41, 5.74) is 0.657. The Bertz CT molecular complexity index is 827. The molecule has 11 nitrogen and oxygen atoms in total. The first-order valence-electron chi connectivity index (χ1n) is 12.3. The Morgan fingerprint density at radius 3 is 2.33 bits per heavy atom. The number of ether oxygens (including phenoxy) is 4. The average Bonchev–Trinajstić information content (AvgIpc) is 2.79. The first-order valence-corrected chi connectivity index (χ1v) is 12.3. The van der Waals surface area contributed by atoms with E-state index in [0.717, 1.165) is 5.57 Å². The molecule has 36 heavy (non-hydrogen) atoms. The molecule has 2 heterocycles. The molecule has 0 bridgehead atoms. The van der Waals surface area contributed by atoms with E-state index in [1.54, 1.807) is 19.1 Å². The van der Waals surface area contributed by atoms with E-state index in [0.29, 0.717) is 6.42 Å². The minimum atomic E-state index is -1.64. The summed E-state index contributed by atoms with van der Waals surface area (Å²) in [7, 11) is 0. The Kier molecular flexibility index (Phi) is 9.48. The van der Waals surface area contributed by atoms with Crippen LogP contribution >= 0.6 is 0 Å². The molecule has 0 aromatic rings. The van der Waals surface area contributed by atoms with Crippen LogP contribution in [0.25, 0.3) is 0 Å². The van der Waals surface area contributed by atoms with Crippen LogP contribution in [0.2, 0.25) is 0 Å².